The SMILES string of the molecule is CC(C)(C)c1ccc(C(=O)NCC(=O)N2CCC[C@H](O)CC2)cc1. The Kier molecular flexibility index (Phi) is 5.99. The molecule has 0 saturated carbocycles. The molecule has 2 N–H and O–H groups in total. The van der Waals surface area contributed by atoms with Crippen LogP contribution in [0.2, 0.25) is 0 Å². The lowest BCUT2D eigenvalue weighted by molar-refractivity contribution is -0.130. The number of hydrogen-bond acceptors (Lipinski definition) is 3. The highest BCUT2D eigenvalue weighted by atomic mass is 16.3. The van der Waals surface area contributed by atoms with Crippen molar-refractivity contribution in [3.63, 3.8) is 0 Å². The second-order valence-electron chi connectivity index (χ2n) is 7.48. The van der Waals surface area contributed by atoms with E-state index in [1.54, 1.807) is 17.0 Å². The number of amides is 2. The van der Waals surface area contributed by atoms with Crippen LogP contribution in [0.25, 0.3) is 0 Å². The van der Waals surface area contributed by atoms with Gasteiger partial charge in [0.05, 0.1) is 12.6 Å². The van der Waals surface area contributed by atoms with E-state index in [1.165, 1.54) is 5.56 Å². The van der Waals surface area contributed by atoms with E-state index in [0.717, 1.165) is 12.8 Å². The molecule has 2 rings (SSSR count). The lowest BCUT2D eigenvalue weighted by Gasteiger charge is -2.21. The molecule has 2 amide bonds. The first-order valence-electron chi connectivity index (χ1n) is 8.62. The van der Waals surface area contributed by atoms with Crippen molar-refractivity contribution in [3.8, 4) is 0 Å². The molecular formula is C19H28N2O3. The van der Waals surface area contributed by atoms with Gasteiger partial charge in [-0.25, -0.2) is 0 Å². The predicted octanol–water partition coefficient (Wildman–Crippen LogP) is 2.09. The molecule has 1 aromatic carbocycles. The second-order valence-corrected chi connectivity index (χ2v) is 7.48. The van der Waals surface area contributed by atoms with Crippen LogP contribution in [-0.4, -0.2) is 47.6 Å². The summed E-state index contributed by atoms with van der Waals surface area (Å²) in [4.78, 5) is 26.1. The summed E-state index contributed by atoms with van der Waals surface area (Å²) < 4.78 is 0. The van der Waals surface area contributed by atoms with Gasteiger partial charge in [-0.3, -0.25) is 9.59 Å². The predicted molar refractivity (Wildman–Crippen MR) is 93.9 cm³/mol. The van der Waals surface area contributed by atoms with E-state index >= 15 is 0 Å². The Hall–Kier alpha value is -1.88. The summed E-state index contributed by atoms with van der Waals surface area (Å²) in [5.41, 5.74) is 1.77. The number of carbonyl (C=O) groups excluding carboxylic acids is 2. The van der Waals surface area contributed by atoms with Gasteiger partial charge in [0.2, 0.25) is 5.91 Å². The highest BCUT2D eigenvalue weighted by molar-refractivity contribution is 5.96. The standard InChI is InChI=1S/C19H28N2O3/c1-19(2,3)15-8-6-14(7-9-15)18(24)20-13-17(23)21-11-4-5-16(22)10-12-21/h6-9,16,22H,4-5,10-13H2,1-3H3,(H,20,24)/t16-/m0/s1. The molecule has 0 unspecified atom stereocenters. The first-order chi connectivity index (χ1) is 11.3. The largest absolute Gasteiger partial charge is 0.393 e. The van der Waals surface area contributed by atoms with Gasteiger partial charge >= 0.3 is 0 Å². The molecule has 0 aromatic heterocycles. The fraction of sp³-hybridized carbons (Fsp3) is 0.579. The van der Waals surface area contributed by atoms with Gasteiger partial charge in [0.15, 0.2) is 0 Å². The number of hydrogen-bond donors (Lipinski definition) is 2. The summed E-state index contributed by atoms with van der Waals surface area (Å²) in [6.07, 6.45) is 1.82. The van der Waals surface area contributed by atoms with E-state index in [2.05, 4.69) is 26.1 Å². The molecule has 1 fully saturated rings. The molecule has 0 aliphatic carbocycles. The minimum Gasteiger partial charge on any atom is -0.393 e. The van der Waals surface area contributed by atoms with E-state index in [0.29, 0.717) is 25.1 Å². The molecule has 0 spiro atoms. The Bertz CT molecular complexity index is 575. The Balaban J connectivity index is 1.87. The van der Waals surface area contributed by atoms with Crippen LogP contribution in [-0.2, 0) is 10.2 Å². The third-order valence-corrected chi connectivity index (χ3v) is 4.46. The van der Waals surface area contributed by atoms with Crippen molar-refractivity contribution in [2.75, 3.05) is 19.6 Å². The fourth-order valence-electron chi connectivity index (χ4n) is 2.82. The number of carbonyl (C=O) groups is 2. The molecule has 132 valence electrons. The maximum Gasteiger partial charge on any atom is 0.251 e. The first kappa shape index (κ1) is 18.5. The van der Waals surface area contributed by atoms with Gasteiger partial charge in [-0.1, -0.05) is 32.9 Å². The molecule has 1 atom stereocenters. The van der Waals surface area contributed by atoms with Crippen molar-refractivity contribution >= 4 is 11.8 Å². The first-order valence-corrected chi connectivity index (χ1v) is 8.62. The summed E-state index contributed by atoms with van der Waals surface area (Å²) >= 11 is 0. The third kappa shape index (κ3) is 5.06. The van der Waals surface area contributed by atoms with Crippen LogP contribution in [0.1, 0.15) is 56.0 Å². The average Bonchev–Trinajstić information content (AvgIpc) is 2.76. The van der Waals surface area contributed by atoms with E-state index in [-0.39, 0.29) is 29.9 Å². The summed E-state index contributed by atoms with van der Waals surface area (Å²) in [7, 11) is 0. The topological polar surface area (TPSA) is 69.6 Å². The van der Waals surface area contributed by atoms with Crippen molar-refractivity contribution in [2.24, 2.45) is 0 Å². The highest BCUT2D eigenvalue weighted by Crippen LogP contribution is 2.22. The van der Waals surface area contributed by atoms with E-state index in [9.17, 15) is 14.7 Å². The van der Waals surface area contributed by atoms with Crippen LogP contribution >= 0.6 is 0 Å². The van der Waals surface area contributed by atoms with Crippen LogP contribution in [0.15, 0.2) is 24.3 Å². The molecule has 1 aliphatic rings. The number of aliphatic hydroxyl groups excluding tert-OH is 1. The van der Waals surface area contributed by atoms with Gasteiger partial charge in [0.1, 0.15) is 0 Å². The van der Waals surface area contributed by atoms with Crippen molar-refractivity contribution in [3.05, 3.63) is 35.4 Å². The zero-order valence-electron chi connectivity index (χ0n) is 14.8. The molecule has 0 bridgehead atoms. The van der Waals surface area contributed by atoms with Crippen LogP contribution in [0.5, 0.6) is 0 Å². The number of nitrogens with one attached hydrogen (secondary N) is 1. The van der Waals surface area contributed by atoms with Gasteiger partial charge in [-0.2, -0.15) is 0 Å². The lowest BCUT2D eigenvalue weighted by atomic mass is 9.87. The van der Waals surface area contributed by atoms with Gasteiger partial charge in [-0.15, -0.1) is 0 Å². The molecule has 1 heterocycles. The lowest BCUT2D eigenvalue weighted by Crippen LogP contribution is -2.40. The number of nitrogens with zero attached hydrogens (tertiary/aromatic N) is 1. The Labute approximate surface area is 144 Å². The normalized spacial score (nSPS) is 18.8. The Morgan fingerprint density at radius 2 is 1.83 bits per heavy atom. The van der Waals surface area contributed by atoms with E-state index in [1.807, 2.05) is 12.1 Å². The smallest absolute Gasteiger partial charge is 0.251 e. The molecule has 1 aromatic rings. The van der Waals surface area contributed by atoms with Crippen LogP contribution in [0.3, 0.4) is 0 Å². The number of likely N-dealkylation sites (tertiary alicyclic amines) is 1. The molecule has 1 saturated heterocycles. The van der Waals surface area contributed by atoms with Crippen molar-refractivity contribution in [1.82, 2.24) is 10.2 Å². The van der Waals surface area contributed by atoms with Crippen LogP contribution < -0.4 is 5.32 Å². The van der Waals surface area contributed by atoms with Crippen molar-refractivity contribution in [2.45, 2.75) is 51.6 Å². The minimum absolute atomic E-state index is 0.00402. The van der Waals surface area contributed by atoms with Crippen LogP contribution in [0.4, 0.5) is 0 Å². The second kappa shape index (κ2) is 7.79. The van der Waals surface area contributed by atoms with Crippen molar-refractivity contribution < 1.29 is 14.7 Å². The van der Waals surface area contributed by atoms with Crippen molar-refractivity contribution in [1.29, 1.82) is 0 Å². The maximum atomic E-state index is 12.2. The van der Waals surface area contributed by atoms with Crippen LogP contribution in [0, 0.1) is 0 Å². The maximum absolute atomic E-state index is 12.2. The zero-order valence-corrected chi connectivity index (χ0v) is 14.8. The number of rotatable bonds is 3. The summed E-state index contributed by atoms with van der Waals surface area (Å²) in [6, 6.07) is 7.49. The third-order valence-electron chi connectivity index (χ3n) is 4.46. The number of aliphatic hydroxyl groups is 1. The Morgan fingerprint density at radius 3 is 2.46 bits per heavy atom. The average molecular weight is 332 g/mol. The summed E-state index contributed by atoms with van der Waals surface area (Å²) in [5.74, 6) is -0.331. The van der Waals surface area contributed by atoms with E-state index in [4.69, 9.17) is 0 Å². The van der Waals surface area contributed by atoms with Gasteiger partial charge in [0, 0.05) is 18.7 Å². The minimum atomic E-state index is -0.321. The molecule has 5 heteroatoms. The number of benzene rings is 1. The molecule has 1 aliphatic heterocycles. The summed E-state index contributed by atoms with van der Waals surface area (Å²) in [6.45, 7) is 7.56. The monoisotopic (exact) mass is 332 g/mol. The highest BCUT2D eigenvalue weighted by Gasteiger charge is 2.20. The molecule has 24 heavy (non-hydrogen) atoms. The van der Waals surface area contributed by atoms with Gasteiger partial charge < -0.3 is 15.3 Å². The Morgan fingerprint density at radius 1 is 1.17 bits per heavy atom. The fourth-order valence-corrected chi connectivity index (χ4v) is 2.82. The zero-order chi connectivity index (χ0) is 17.7. The summed E-state index contributed by atoms with van der Waals surface area (Å²) in [5, 5.41) is 12.3. The van der Waals surface area contributed by atoms with E-state index < -0.39 is 0 Å². The molecule has 5 nitrogen and oxygen atoms in total. The molecule has 0 radical (unpaired) electrons. The van der Waals surface area contributed by atoms with Gasteiger partial charge in [-0.05, 0) is 42.4 Å². The molecular weight excluding hydrogens is 304 g/mol. The van der Waals surface area contributed by atoms with Gasteiger partial charge in [0.25, 0.3) is 5.91 Å². The quantitative estimate of drug-likeness (QED) is 0.890.